The van der Waals surface area contributed by atoms with E-state index >= 15 is 4.39 Å². The summed E-state index contributed by atoms with van der Waals surface area (Å²) in [4.78, 5) is 41.5. The van der Waals surface area contributed by atoms with E-state index in [1.54, 1.807) is 39.7 Å². The van der Waals surface area contributed by atoms with E-state index in [1.165, 1.54) is 10.8 Å². The second-order valence-corrected chi connectivity index (χ2v) is 10.8. The van der Waals surface area contributed by atoms with Gasteiger partial charge in [-0.2, -0.15) is 0 Å². The first-order valence-electron chi connectivity index (χ1n) is 13.8. The molecule has 0 spiro atoms. The fraction of sp³-hybridized carbons (Fsp3) is 0.333. The second kappa shape index (κ2) is 10.9. The Kier molecular flexibility index (Phi) is 7.22. The summed E-state index contributed by atoms with van der Waals surface area (Å²) in [6.45, 7) is 2.53. The number of hydrogen-bond donors (Lipinski definition) is 3. The van der Waals surface area contributed by atoms with Gasteiger partial charge in [-0.15, -0.1) is 0 Å². The van der Waals surface area contributed by atoms with Gasteiger partial charge in [0.15, 0.2) is 11.6 Å². The van der Waals surface area contributed by atoms with Crippen molar-refractivity contribution in [2.75, 3.05) is 57.7 Å². The molecule has 11 nitrogen and oxygen atoms in total. The number of aromatic carboxylic acids is 1. The minimum atomic E-state index is -1.34. The highest BCUT2D eigenvalue weighted by Crippen LogP contribution is 2.44. The number of nitrogens with one attached hydrogen (secondary N) is 2. The molecule has 224 valence electrons. The van der Waals surface area contributed by atoms with E-state index in [1.807, 2.05) is 7.05 Å². The Balaban J connectivity index is 1.63. The number of halogens is 2. The molecule has 0 bridgehead atoms. The summed E-state index contributed by atoms with van der Waals surface area (Å²) in [6, 6.07) is 2.87. The van der Waals surface area contributed by atoms with Gasteiger partial charge in [0.2, 0.25) is 5.43 Å². The van der Waals surface area contributed by atoms with Crippen LogP contribution in [0.3, 0.4) is 0 Å². The van der Waals surface area contributed by atoms with Gasteiger partial charge in [-0.1, -0.05) is 0 Å². The van der Waals surface area contributed by atoms with E-state index < -0.39 is 23.0 Å². The molecule has 5 aromatic rings. The van der Waals surface area contributed by atoms with Crippen molar-refractivity contribution >= 4 is 50.3 Å². The molecule has 13 heteroatoms. The Morgan fingerprint density at radius 2 is 2.05 bits per heavy atom. The summed E-state index contributed by atoms with van der Waals surface area (Å²) in [5.41, 5.74) is 2.09. The number of aromatic nitrogens is 4. The van der Waals surface area contributed by atoms with E-state index in [2.05, 4.69) is 30.1 Å². The number of carbonyl (C=O) groups is 1. The van der Waals surface area contributed by atoms with E-state index in [0.29, 0.717) is 64.4 Å². The Labute approximate surface area is 244 Å². The highest BCUT2D eigenvalue weighted by molar-refractivity contribution is 6.18. The number of benzene rings is 1. The van der Waals surface area contributed by atoms with Crippen molar-refractivity contribution in [2.24, 2.45) is 7.05 Å². The molecule has 0 amide bonds. The van der Waals surface area contributed by atoms with Crippen LogP contribution < -0.4 is 15.6 Å². The molecule has 0 saturated carbocycles. The van der Waals surface area contributed by atoms with Crippen molar-refractivity contribution in [2.45, 2.75) is 12.5 Å². The third-order valence-corrected chi connectivity index (χ3v) is 8.34. The molecular weight excluding hydrogens is 560 g/mol. The first-order valence-corrected chi connectivity index (χ1v) is 13.8. The molecule has 43 heavy (non-hydrogen) atoms. The quantitative estimate of drug-likeness (QED) is 0.247. The van der Waals surface area contributed by atoms with E-state index in [-0.39, 0.29) is 22.4 Å². The normalized spacial score (nSPS) is 15.4. The maximum absolute atomic E-state index is 15.6. The number of aromatic amines is 1. The SMILES string of the molecule is CNc1cc(F)c(F)c2c1[nH]c1ncc(-c3cnc4c(c3)c(=O)c(C(=O)O)cn4C)c(N3CCC(N(C)CCOC)C3)c12. The van der Waals surface area contributed by atoms with Crippen LogP contribution in [0.1, 0.15) is 16.8 Å². The molecule has 1 atom stereocenters. The van der Waals surface area contributed by atoms with Crippen molar-refractivity contribution in [3.8, 4) is 11.1 Å². The maximum Gasteiger partial charge on any atom is 0.341 e. The number of nitrogens with zero attached hydrogens (tertiary/aromatic N) is 5. The number of rotatable bonds is 8. The van der Waals surface area contributed by atoms with Gasteiger partial charge in [0, 0.05) is 82.7 Å². The highest BCUT2D eigenvalue weighted by Gasteiger charge is 2.31. The maximum atomic E-state index is 15.6. The first kappa shape index (κ1) is 28.5. The molecule has 1 aromatic carbocycles. The van der Waals surface area contributed by atoms with Crippen molar-refractivity contribution in [3.05, 3.63) is 58.1 Å². The number of carboxylic acids is 1. The number of H-pyrrole nitrogens is 1. The smallest absolute Gasteiger partial charge is 0.341 e. The van der Waals surface area contributed by atoms with Crippen molar-refractivity contribution in [1.29, 1.82) is 0 Å². The molecule has 1 unspecified atom stereocenters. The monoisotopic (exact) mass is 591 g/mol. The molecular formula is C30H31F2N7O4. The topological polar surface area (TPSA) is 129 Å². The minimum absolute atomic E-state index is 0.0673. The van der Waals surface area contributed by atoms with Crippen molar-refractivity contribution < 1.29 is 23.4 Å². The molecule has 0 radical (unpaired) electrons. The summed E-state index contributed by atoms with van der Waals surface area (Å²) in [5, 5.41) is 13.1. The third kappa shape index (κ3) is 4.64. The number of anilines is 2. The standard InChI is InChI=1S/C30H31F2N7O4/c1-33-21-10-20(31)24(32)22-23-26(39-6-5-16(13-39)37(2)7-8-43-4)18(12-34-28(23)36-25(21)22)15-9-17-27(40)19(30(41)42)14-38(3)29(17)35-11-15/h9-12,14,16,33H,5-8,13H2,1-4H3,(H,34,36)(H,41,42). The molecule has 1 aliphatic heterocycles. The van der Waals surface area contributed by atoms with Crippen LogP contribution in [0.4, 0.5) is 20.2 Å². The second-order valence-electron chi connectivity index (χ2n) is 10.8. The number of ether oxygens (including phenoxy) is 1. The number of hydrogen-bond acceptors (Lipinski definition) is 8. The summed E-state index contributed by atoms with van der Waals surface area (Å²) in [5.74, 6) is -3.33. The van der Waals surface area contributed by atoms with E-state index in [4.69, 9.17) is 4.74 Å². The van der Waals surface area contributed by atoms with Gasteiger partial charge in [-0.05, 0) is 19.5 Å². The van der Waals surface area contributed by atoms with Gasteiger partial charge in [0.05, 0.1) is 39.7 Å². The zero-order valence-electron chi connectivity index (χ0n) is 24.2. The molecule has 4 aromatic heterocycles. The molecule has 6 rings (SSSR count). The van der Waals surface area contributed by atoms with E-state index in [0.717, 1.165) is 19.0 Å². The summed E-state index contributed by atoms with van der Waals surface area (Å²) in [6.07, 6.45) is 5.27. The molecule has 5 heterocycles. The zero-order valence-corrected chi connectivity index (χ0v) is 24.2. The van der Waals surface area contributed by atoms with Crippen LogP contribution in [-0.4, -0.2) is 89.0 Å². The fourth-order valence-electron chi connectivity index (χ4n) is 6.07. The predicted octanol–water partition coefficient (Wildman–Crippen LogP) is 3.81. The Morgan fingerprint density at radius 1 is 1.26 bits per heavy atom. The van der Waals surface area contributed by atoms with Crippen LogP contribution in [0.5, 0.6) is 0 Å². The Morgan fingerprint density at radius 3 is 2.77 bits per heavy atom. The van der Waals surface area contributed by atoms with Crippen LogP contribution in [0.25, 0.3) is 44.1 Å². The number of pyridine rings is 3. The lowest BCUT2D eigenvalue weighted by Crippen LogP contribution is -2.36. The number of methoxy groups -OCH3 is 1. The average Bonchev–Trinajstić information content (AvgIpc) is 3.64. The van der Waals surface area contributed by atoms with Crippen LogP contribution in [0, 0.1) is 11.6 Å². The largest absolute Gasteiger partial charge is 0.477 e. The summed E-state index contributed by atoms with van der Waals surface area (Å²) >= 11 is 0. The Bertz CT molecular complexity index is 1970. The highest BCUT2D eigenvalue weighted by atomic mass is 19.2. The van der Waals surface area contributed by atoms with Gasteiger partial charge in [0.25, 0.3) is 0 Å². The number of aryl methyl sites for hydroxylation is 1. The molecule has 0 aliphatic carbocycles. The average molecular weight is 592 g/mol. The summed E-state index contributed by atoms with van der Waals surface area (Å²) < 4.78 is 37.3. The lowest BCUT2D eigenvalue weighted by molar-refractivity contribution is 0.0695. The third-order valence-electron chi connectivity index (χ3n) is 8.34. The van der Waals surface area contributed by atoms with Crippen molar-refractivity contribution in [3.63, 3.8) is 0 Å². The molecule has 3 N–H and O–H groups in total. The molecule has 1 saturated heterocycles. The van der Waals surface area contributed by atoms with Crippen LogP contribution in [0.2, 0.25) is 0 Å². The predicted molar refractivity (Wildman–Crippen MR) is 161 cm³/mol. The van der Waals surface area contributed by atoms with Gasteiger partial charge >= 0.3 is 5.97 Å². The number of likely N-dealkylation sites (N-methyl/N-ethyl adjacent to an activating group) is 1. The van der Waals surface area contributed by atoms with Gasteiger partial charge in [0.1, 0.15) is 16.9 Å². The van der Waals surface area contributed by atoms with Crippen LogP contribution in [0.15, 0.2) is 35.5 Å². The van der Waals surface area contributed by atoms with E-state index in [9.17, 15) is 19.1 Å². The summed E-state index contributed by atoms with van der Waals surface area (Å²) in [7, 11) is 6.93. The number of carboxylic acid groups (broad SMARTS) is 1. The van der Waals surface area contributed by atoms with Crippen molar-refractivity contribution in [1.82, 2.24) is 24.4 Å². The lowest BCUT2D eigenvalue weighted by atomic mass is 10.0. The van der Waals surface area contributed by atoms with Gasteiger partial charge < -0.3 is 29.6 Å². The molecule has 1 fully saturated rings. The van der Waals surface area contributed by atoms with Crippen LogP contribution in [-0.2, 0) is 11.8 Å². The zero-order chi connectivity index (χ0) is 30.6. The van der Waals surface area contributed by atoms with Gasteiger partial charge in [-0.3, -0.25) is 9.69 Å². The lowest BCUT2D eigenvalue weighted by Gasteiger charge is -2.27. The minimum Gasteiger partial charge on any atom is -0.477 e. The van der Waals surface area contributed by atoms with Crippen LogP contribution >= 0.6 is 0 Å². The first-order chi connectivity index (χ1) is 20.6. The van der Waals surface area contributed by atoms with Gasteiger partial charge in [-0.25, -0.2) is 23.5 Å². The number of fused-ring (bicyclic) bond motifs is 4. The Hall–Kier alpha value is -4.62. The molecule has 1 aliphatic rings. The fourth-order valence-corrected chi connectivity index (χ4v) is 6.07.